The first kappa shape index (κ1) is 18.0. The SMILES string of the molecule is CCOC(=O)c1sc(N)c(C#N)c1CSc1n[nH]c(-c2ccccc2)n1. The fourth-order valence-electron chi connectivity index (χ4n) is 2.28. The summed E-state index contributed by atoms with van der Waals surface area (Å²) in [4.78, 5) is 16.9. The van der Waals surface area contributed by atoms with Crippen LogP contribution in [0.4, 0.5) is 5.00 Å². The lowest BCUT2D eigenvalue weighted by molar-refractivity contribution is 0.0531. The molecule has 0 radical (unpaired) electrons. The van der Waals surface area contributed by atoms with Gasteiger partial charge in [0.25, 0.3) is 0 Å². The first-order valence-corrected chi connectivity index (χ1v) is 9.53. The first-order chi connectivity index (χ1) is 12.6. The number of nitrogens with one attached hydrogen (secondary N) is 1. The normalized spacial score (nSPS) is 10.5. The van der Waals surface area contributed by atoms with Crippen LogP contribution >= 0.6 is 23.1 Å². The maximum atomic E-state index is 12.1. The fourth-order valence-corrected chi connectivity index (χ4v) is 4.13. The number of thioether (sulfide) groups is 1. The monoisotopic (exact) mass is 385 g/mol. The van der Waals surface area contributed by atoms with Crippen molar-refractivity contribution in [2.24, 2.45) is 0 Å². The van der Waals surface area contributed by atoms with E-state index in [9.17, 15) is 10.1 Å². The minimum Gasteiger partial charge on any atom is -0.462 e. The van der Waals surface area contributed by atoms with E-state index in [1.807, 2.05) is 30.3 Å². The zero-order valence-electron chi connectivity index (χ0n) is 13.9. The maximum absolute atomic E-state index is 12.1. The number of benzene rings is 1. The van der Waals surface area contributed by atoms with E-state index in [4.69, 9.17) is 10.5 Å². The number of thiophene rings is 1. The van der Waals surface area contributed by atoms with Crippen LogP contribution in [0.15, 0.2) is 35.5 Å². The molecule has 0 bridgehead atoms. The molecule has 0 fully saturated rings. The Morgan fingerprint density at radius 1 is 1.42 bits per heavy atom. The lowest BCUT2D eigenvalue weighted by Crippen LogP contribution is -2.05. The average molecular weight is 385 g/mol. The number of nitrogens with zero attached hydrogens (tertiary/aromatic N) is 3. The molecule has 3 N–H and O–H groups in total. The lowest BCUT2D eigenvalue weighted by Gasteiger charge is -2.03. The van der Waals surface area contributed by atoms with Crippen LogP contribution in [0.1, 0.15) is 27.7 Å². The second-order valence-electron chi connectivity index (χ2n) is 5.10. The molecule has 9 heteroatoms. The maximum Gasteiger partial charge on any atom is 0.348 e. The number of ether oxygens (including phenoxy) is 1. The quantitative estimate of drug-likeness (QED) is 0.493. The summed E-state index contributed by atoms with van der Waals surface area (Å²) in [6.45, 7) is 1.99. The number of aromatic nitrogens is 3. The van der Waals surface area contributed by atoms with E-state index in [1.165, 1.54) is 11.8 Å². The summed E-state index contributed by atoms with van der Waals surface area (Å²) in [7, 11) is 0. The second kappa shape index (κ2) is 8.03. The Labute approximate surface area is 158 Å². The summed E-state index contributed by atoms with van der Waals surface area (Å²) in [6.07, 6.45) is 0. The van der Waals surface area contributed by atoms with Gasteiger partial charge in [-0.2, -0.15) is 5.26 Å². The Bertz CT molecular complexity index is 959. The highest BCUT2D eigenvalue weighted by atomic mass is 32.2. The van der Waals surface area contributed by atoms with Gasteiger partial charge in [-0.1, -0.05) is 42.1 Å². The lowest BCUT2D eigenvalue weighted by atomic mass is 10.2. The molecule has 0 aliphatic rings. The van der Waals surface area contributed by atoms with Crippen LogP contribution in [-0.4, -0.2) is 27.8 Å². The summed E-state index contributed by atoms with van der Waals surface area (Å²) < 4.78 is 5.06. The molecule has 1 aromatic carbocycles. The highest BCUT2D eigenvalue weighted by Gasteiger charge is 2.23. The molecule has 3 rings (SSSR count). The second-order valence-corrected chi connectivity index (χ2v) is 7.10. The number of nitriles is 1. The van der Waals surface area contributed by atoms with E-state index >= 15 is 0 Å². The van der Waals surface area contributed by atoms with Crippen molar-refractivity contribution in [3.63, 3.8) is 0 Å². The first-order valence-electron chi connectivity index (χ1n) is 7.73. The zero-order valence-corrected chi connectivity index (χ0v) is 15.5. The largest absolute Gasteiger partial charge is 0.462 e. The van der Waals surface area contributed by atoms with Crippen LogP contribution in [0.3, 0.4) is 0 Å². The Morgan fingerprint density at radius 2 is 2.19 bits per heavy atom. The third-order valence-electron chi connectivity index (χ3n) is 3.46. The number of carbonyl (C=O) groups excluding carboxylic acids is 1. The number of anilines is 1. The molecule has 0 spiro atoms. The number of rotatable bonds is 6. The number of carbonyl (C=O) groups is 1. The van der Waals surface area contributed by atoms with Crippen molar-refractivity contribution in [1.29, 1.82) is 5.26 Å². The van der Waals surface area contributed by atoms with Gasteiger partial charge in [0.1, 0.15) is 15.9 Å². The van der Waals surface area contributed by atoms with Gasteiger partial charge in [-0.3, -0.25) is 5.10 Å². The topological polar surface area (TPSA) is 118 Å². The number of hydrogen-bond acceptors (Lipinski definition) is 8. The number of esters is 1. The number of aromatic amines is 1. The third-order valence-corrected chi connectivity index (χ3v) is 5.38. The van der Waals surface area contributed by atoms with E-state index in [2.05, 4.69) is 21.3 Å². The van der Waals surface area contributed by atoms with Gasteiger partial charge in [0.05, 0.1) is 12.2 Å². The smallest absolute Gasteiger partial charge is 0.348 e. The van der Waals surface area contributed by atoms with Gasteiger partial charge in [0, 0.05) is 16.9 Å². The minimum atomic E-state index is -0.471. The van der Waals surface area contributed by atoms with Crippen molar-refractivity contribution >= 4 is 34.1 Å². The number of hydrogen-bond donors (Lipinski definition) is 2. The molecule has 7 nitrogen and oxygen atoms in total. The highest BCUT2D eigenvalue weighted by Crippen LogP contribution is 2.35. The van der Waals surface area contributed by atoms with Crippen molar-refractivity contribution in [1.82, 2.24) is 15.2 Å². The molecule has 0 amide bonds. The van der Waals surface area contributed by atoms with Gasteiger partial charge in [-0.15, -0.1) is 16.4 Å². The number of nitrogens with two attached hydrogens (primary N) is 1. The Morgan fingerprint density at radius 3 is 2.88 bits per heavy atom. The van der Waals surface area contributed by atoms with Crippen LogP contribution < -0.4 is 5.73 Å². The Balaban J connectivity index is 1.81. The predicted octanol–water partition coefficient (Wildman–Crippen LogP) is 3.46. The van der Waals surface area contributed by atoms with Gasteiger partial charge < -0.3 is 10.5 Å². The molecule has 0 saturated heterocycles. The van der Waals surface area contributed by atoms with Crippen molar-refractivity contribution in [3.8, 4) is 17.5 Å². The van der Waals surface area contributed by atoms with E-state index in [0.717, 1.165) is 16.9 Å². The van der Waals surface area contributed by atoms with Crippen LogP contribution in [0.2, 0.25) is 0 Å². The predicted molar refractivity (Wildman–Crippen MR) is 101 cm³/mol. The molecule has 26 heavy (non-hydrogen) atoms. The molecule has 0 saturated carbocycles. The zero-order chi connectivity index (χ0) is 18.5. The molecule has 0 aliphatic heterocycles. The van der Waals surface area contributed by atoms with Crippen molar-refractivity contribution in [2.75, 3.05) is 12.3 Å². The summed E-state index contributed by atoms with van der Waals surface area (Å²) in [5, 5.41) is 17.3. The summed E-state index contributed by atoms with van der Waals surface area (Å²) >= 11 is 2.39. The van der Waals surface area contributed by atoms with Crippen molar-refractivity contribution in [2.45, 2.75) is 17.8 Å². The van der Waals surface area contributed by atoms with Crippen LogP contribution in [0.5, 0.6) is 0 Å². The van der Waals surface area contributed by atoms with Gasteiger partial charge in [0.2, 0.25) is 5.16 Å². The molecule has 0 unspecified atom stereocenters. The fraction of sp³-hybridized carbons (Fsp3) is 0.176. The minimum absolute atomic E-state index is 0.256. The summed E-state index contributed by atoms with van der Waals surface area (Å²) in [5.74, 6) is 0.530. The molecule has 0 atom stereocenters. The van der Waals surface area contributed by atoms with Gasteiger partial charge >= 0.3 is 5.97 Å². The summed E-state index contributed by atoms with van der Waals surface area (Å²) in [6, 6.07) is 11.7. The van der Waals surface area contributed by atoms with E-state index in [1.54, 1.807) is 6.92 Å². The van der Waals surface area contributed by atoms with E-state index in [0.29, 0.717) is 37.7 Å². The molecule has 132 valence electrons. The molecular formula is C17H15N5O2S2. The Kier molecular flexibility index (Phi) is 5.55. The standard InChI is InChI=1S/C17H15N5O2S2/c1-2-24-16(23)13-12(11(8-18)14(19)26-13)9-25-17-20-15(21-22-17)10-6-4-3-5-7-10/h3-7H,2,9,19H2,1H3,(H,20,21,22). The van der Waals surface area contributed by atoms with Gasteiger partial charge in [-0.25, -0.2) is 9.78 Å². The van der Waals surface area contributed by atoms with E-state index in [-0.39, 0.29) is 6.61 Å². The van der Waals surface area contributed by atoms with Crippen molar-refractivity contribution < 1.29 is 9.53 Å². The van der Waals surface area contributed by atoms with Gasteiger partial charge in [0.15, 0.2) is 5.82 Å². The Hall–Kier alpha value is -2.83. The van der Waals surface area contributed by atoms with Crippen LogP contribution in [-0.2, 0) is 10.5 Å². The molecule has 3 aromatic rings. The van der Waals surface area contributed by atoms with Crippen molar-refractivity contribution in [3.05, 3.63) is 46.3 Å². The van der Waals surface area contributed by atoms with Gasteiger partial charge in [-0.05, 0) is 6.92 Å². The summed E-state index contributed by atoms with van der Waals surface area (Å²) in [5.41, 5.74) is 7.67. The average Bonchev–Trinajstić information content (AvgIpc) is 3.25. The molecule has 0 aliphatic carbocycles. The van der Waals surface area contributed by atoms with Crippen LogP contribution in [0.25, 0.3) is 11.4 Å². The molecular weight excluding hydrogens is 370 g/mol. The molecule has 2 heterocycles. The number of nitrogen functional groups attached to an aromatic ring is 1. The van der Waals surface area contributed by atoms with Crippen LogP contribution in [0, 0.1) is 11.3 Å². The molecule has 2 aromatic heterocycles. The third kappa shape index (κ3) is 3.71. The highest BCUT2D eigenvalue weighted by molar-refractivity contribution is 7.98. The number of H-pyrrole nitrogens is 1. The van der Waals surface area contributed by atoms with E-state index < -0.39 is 5.97 Å².